The number of halogens is 1. The van der Waals surface area contributed by atoms with Gasteiger partial charge in [0.1, 0.15) is 22.2 Å². The number of hydrogen-bond acceptors (Lipinski definition) is 7. The zero-order chi connectivity index (χ0) is 24.3. The van der Waals surface area contributed by atoms with Gasteiger partial charge in [-0.3, -0.25) is 4.57 Å². The molecule has 33 heavy (non-hydrogen) atoms. The Balaban J connectivity index is 1.86. The highest BCUT2D eigenvalue weighted by Gasteiger charge is 2.30. The number of benzene rings is 1. The largest absolute Gasteiger partial charge is 0.461 e. The first-order chi connectivity index (χ1) is 15.6. The summed E-state index contributed by atoms with van der Waals surface area (Å²) in [4.78, 5) is 14.9. The highest BCUT2D eigenvalue weighted by molar-refractivity contribution is 7.89. The lowest BCUT2D eigenvalue weighted by Gasteiger charge is -2.16. The summed E-state index contributed by atoms with van der Waals surface area (Å²) in [5.74, 6) is -0.330. The van der Waals surface area contributed by atoms with E-state index in [1.165, 1.54) is 31.2 Å². The zero-order valence-electron chi connectivity index (χ0n) is 19.0. The van der Waals surface area contributed by atoms with Gasteiger partial charge in [-0.15, -0.1) is 5.10 Å². The predicted octanol–water partition coefficient (Wildman–Crippen LogP) is 3.39. The van der Waals surface area contributed by atoms with Gasteiger partial charge in [0.15, 0.2) is 5.82 Å². The molecule has 0 amide bonds. The van der Waals surface area contributed by atoms with Crippen molar-refractivity contribution in [1.82, 2.24) is 24.5 Å². The van der Waals surface area contributed by atoms with Crippen LogP contribution in [0.15, 0.2) is 29.2 Å². The van der Waals surface area contributed by atoms with Gasteiger partial charge in [0.05, 0.1) is 12.6 Å². The maximum Gasteiger partial charge on any atom is 0.355 e. The second-order valence-electron chi connectivity index (χ2n) is 7.28. The number of ether oxygens (including phenoxy) is 2. The minimum atomic E-state index is -4.03. The van der Waals surface area contributed by atoms with Gasteiger partial charge in [-0.05, 0) is 58.9 Å². The highest BCUT2D eigenvalue weighted by Crippen LogP contribution is 2.27. The first-order valence-electron chi connectivity index (χ1n) is 10.3. The summed E-state index contributed by atoms with van der Waals surface area (Å²) < 4.78 is 54.3. The number of carbonyl (C=O) groups is 1. The van der Waals surface area contributed by atoms with Gasteiger partial charge in [-0.25, -0.2) is 22.3 Å². The normalized spacial score (nSPS) is 12.5. The lowest BCUT2D eigenvalue weighted by molar-refractivity contribution is 0.0519. The van der Waals surface area contributed by atoms with E-state index in [9.17, 15) is 17.6 Å². The fourth-order valence-electron chi connectivity index (χ4n) is 3.49. The lowest BCUT2D eigenvalue weighted by atomic mass is 10.2. The topological polar surface area (TPSA) is 128 Å². The van der Waals surface area contributed by atoms with Crippen LogP contribution in [0.5, 0.6) is 11.8 Å². The molecule has 0 aliphatic heterocycles. The quantitative estimate of drug-likeness (QED) is 0.450. The number of rotatable bonds is 9. The van der Waals surface area contributed by atoms with E-state index in [-0.39, 0.29) is 28.8 Å². The Kier molecular flexibility index (Phi) is 7.18. The minimum Gasteiger partial charge on any atom is -0.461 e. The lowest BCUT2D eigenvalue weighted by Crippen LogP contribution is -2.29. The summed E-state index contributed by atoms with van der Waals surface area (Å²) in [6.45, 7) is 8.80. The molecule has 3 aromatic rings. The fourth-order valence-corrected chi connectivity index (χ4v) is 5.14. The molecule has 10 nitrogen and oxygen atoms in total. The Bertz CT molecular complexity index is 1250. The third-order valence-corrected chi connectivity index (χ3v) is 6.73. The predicted molar refractivity (Wildman–Crippen MR) is 117 cm³/mol. The maximum absolute atomic E-state index is 13.2. The van der Waals surface area contributed by atoms with Gasteiger partial charge in [0.2, 0.25) is 10.0 Å². The van der Waals surface area contributed by atoms with Crippen LogP contribution in [-0.4, -0.2) is 40.7 Å². The molecule has 178 valence electrons. The number of sulfonamides is 1. The molecule has 0 fully saturated rings. The molecule has 0 saturated heterocycles. The Labute approximate surface area is 191 Å². The fraction of sp³-hybridized carbons (Fsp3) is 0.381. The van der Waals surface area contributed by atoms with E-state index in [1.807, 2.05) is 6.92 Å². The van der Waals surface area contributed by atoms with E-state index in [1.54, 1.807) is 25.3 Å². The Morgan fingerprint density at radius 3 is 2.48 bits per heavy atom. The van der Waals surface area contributed by atoms with Crippen molar-refractivity contribution in [1.29, 1.82) is 0 Å². The first-order valence-corrected chi connectivity index (χ1v) is 11.8. The molecule has 3 rings (SSSR count). The van der Waals surface area contributed by atoms with E-state index in [0.29, 0.717) is 23.8 Å². The van der Waals surface area contributed by atoms with Crippen molar-refractivity contribution in [2.45, 2.75) is 52.1 Å². The van der Waals surface area contributed by atoms with Gasteiger partial charge < -0.3 is 14.5 Å². The molecule has 1 atom stereocenters. The van der Waals surface area contributed by atoms with E-state index in [4.69, 9.17) is 9.47 Å². The molecule has 0 spiro atoms. The third kappa shape index (κ3) is 5.06. The minimum absolute atomic E-state index is 0.0252. The second-order valence-corrected chi connectivity index (χ2v) is 8.93. The molecular weight excluding hydrogens is 453 g/mol. The molecule has 0 unspecified atom stereocenters. The summed E-state index contributed by atoms with van der Waals surface area (Å²) in [5, 5.41) is 8.09. The molecule has 1 aromatic carbocycles. The molecule has 2 N–H and O–H groups in total. The molecule has 0 bridgehead atoms. The number of H-pyrrole nitrogens is 1. The van der Waals surface area contributed by atoms with Crippen LogP contribution in [0.4, 0.5) is 4.39 Å². The Morgan fingerprint density at radius 2 is 1.88 bits per heavy atom. The van der Waals surface area contributed by atoms with Crippen LogP contribution in [0.3, 0.4) is 0 Å². The first kappa shape index (κ1) is 24.4. The molecular formula is C21H26FN5O5S. The van der Waals surface area contributed by atoms with Crippen molar-refractivity contribution >= 4 is 16.0 Å². The number of aryl methyl sites for hydroxylation is 1. The van der Waals surface area contributed by atoms with Gasteiger partial charge in [-0.1, -0.05) is 5.10 Å². The standard InChI is InChI=1S/C21H26FN5O5S/c1-6-27-19(24-25-21(27)32-16-10-8-15(22)9-11-16)14(5)26-33(29,30)18-12(3)17(23-13(18)4)20(28)31-7-2/h8-11,14,23,26H,6-7H2,1-5H3/t14-/m1/s1. The summed E-state index contributed by atoms with van der Waals surface area (Å²) in [7, 11) is -4.03. The van der Waals surface area contributed by atoms with Crippen molar-refractivity contribution in [2.75, 3.05) is 6.61 Å². The van der Waals surface area contributed by atoms with Crippen LogP contribution in [0.25, 0.3) is 0 Å². The van der Waals surface area contributed by atoms with E-state index in [2.05, 4.69) is 19.9 Å². The highest BCUT2D eigenvalue weighted by atomic mass is 32.2. The summed E-state index contributed by atoms with van der Waals surface area (Å²) in [6, 6.07) is 4.79. The monoisotopic (exact) mass is 479 g/mol. The van der Waals surface area contributed by atoms with Crippen LogP contribution >= 0.6 is 0 Å². The van der Waals surface area contributed by atoms with Crippen LogP contribution in [-0.2, 0) is 21.3 Å². The van der Waals surface area contributed by atoms with E-state index in [0.717, 1.165) is 0 Å². The van der Waals surface area contributed by atoms with Crippen molar-refractivity contribution < 1.29 is 27.1 Å². The van der Waals surface area contributed by atoms with Gasteiger partial charge in [0.25, 0.3) is 0 Å². The smallest absolute Gasteiger partial charge is 0.355 e. The summed E-state index contributed by atoms with van der Waals surface area (Å²) in [6.07, 6.45) is 0. The number of nitrogens with zero attached hydrogens (tertiary/aromatic N) is 3. The van der Waals surface area contributed by atoms with Crippen LogP contribution < -0.4 is 9.46 Å². The number of hydrogen-bond donors (Lipinski definition) is 2. The molecule has 12 heteroatoms. The number of carbonyl (C=O) groups excluding carboxylic acids is 1. The second kappa shape index (κ2) is 9.71. The average molecular weight is 480 g/mol. The molecule has 0 radical (unpaired) electrons. The number of esters is 1. The van der Waals surface area contributed by atoms with Gasteiger partial charge in [-0.2, -0.15) is 0 Å². The van der Waals surface area contributed by atoms with E-state index >= 15 is 0 Å². The molecule has 2 heterocycles. The summed E-state index contributed by atoms with van der Waals surface area (Å²) >= 11 is 0. The van der Waals surface area contributed by atoms with Gasteiger partial charge in [0, 0.05) is 17.8 Å². The maximum atomic E-state index is 13.2. The molecule has 0 aliphatic rings. The van der Waals surface area contributed by atoms with Crippen LogP contribution in [0, 0.1) is 19.7 Å². The van der Waals surface area contributed by atoms with Crippen molar-refractivity contribution in [3.05, 3.63) is 52.9 Å². The van der Waals surface area contributed by atoms with Crippen molar-refractivity contribution in [3.8, 4) is 11.8 Å². The Morgan fingerprint density at radius 1 is 1.21 bits per heavy atom. The van der Waals surface area contributed by atoms with Gasteiger partial charge >= 0.3 is 12.0 Å². The van der Waals surface area contributed by atoms with Crippen molar-refractivity contribution in [3.63, 3.8) is 0 Å². The molecule has 0 aliphatic carbocycles. The zero-order valence-corrected chi connectivity index (χ0v) is 19.8. The molecule has 0 saturated carbocycles. The SMILES string of the molecule is CCOC(=O)c1[nH]c(C)c(S(=O)(=O)N[C@H](C)c2nnc(Oc3ccc(F)cc3)n2CC)c1C. The number of aromatic nitrogens is 4. The number of nitrogens with one attached hydrogen (secondary N) is 2. The van der Waals surface area contributed by atoms with Crippen molar-refractivity contribution in [2.24, 2.45) is 0 Å². The molecule has 2 aromatic heterocycles. The summed E-state index contributed by atoms with van der Waals surface area (Å²) in [5.41, 5.74) is 0.671. The van der Waals surface area contributed by atoms with E-state index < -0.39 is 27.9 Å². The van der Waals surface area contributed by atoms with Crippen LogP contribution in [0.2, 0.25) is 0 Å². The average Bonchev–Trinajstić information content (AvgIpc) is 3.29. The number of aromatic amines is 1. The Hall–Kier alpha value is -3.25. The van der Waals surface area contributed by atoms with Crippen LogP contribution in [0.1, 0.15) is 54.4 Å². The third-order valence-electron chi connectivity index (χ3n) is 4.92.